The van der Waals surface area contributed by atoms with Gasteiger partial charge in [0, 0.05) is 56.1 Å². The third-order valence-corrected chi connectivity index (χ3v) is 7.54. The number of para-hydroxylation sites is 1. The number of rotatable bonds is 1. The lowest BCUT2D eigenvalue weighted by molar-refractivity contribution is 1.02. The summed E-state index contributed by atoms with van der Waals surface area (Å²) in [6.45, 7) is 0. The molecule has 142 valence electrons. The highest BCUT2D eigenvalue weighted by molar-refractivity contribution is 7.26. The van der Waals surface area contributed by atoms with Gasteiger partial charge in [0.25, 0.3) is 0 Å². The molecule has 2 nitrogen and oxygen atoms in total. The maximum absolute atomic E-state index is 2.38. The van der Waals surface area contributed by atoms with Crippen molar-refractivity contribution in [1.29, 1.82) is 0 Å². The topological polar surface area (TPSA) is 9.86 Å². The summed E-state index contributed by atoms with van der Waals surface area (Å²) in [4.78, 5) is 0. The summed E-state index contributed by atoms with van der Waals surface area (Å²) in [7, 11) is 2.20. The average molecular weight is 403 g/mol. The highest BCUT2D eigenvalue weighted by atomic mass is 32.1. The first-order valence-electron chi connectivity index (χ1n) is 10.2. The molecule has 30 heavy (non-hydrogen) atoms. The molecule has 0 aliphatic rings. The minimum Gasteiger partial charge on any atom is -0.342 e. The summed E-state index contributed by atoms with van der Waals surface area (Å²) in [6, 6.07) is 30.8. The van der Waals surface area contributed by atoms with Crippen LogP contribution in [-0.4, -0.2) is 9.13 Å². The summed E-state index contributed by atoms with van der Waals surface area (Å²) in [5, 5.41) is 6.62. The summed E-state index contributed by atoms with van der Waals surface area (Å²) in [6.07, 6.45) is 2.17. The van der Waals surface area contributed by atoms with E-state index in [0.717, 1.165) is 0 Å². The maximum atomic E-state index is 2.38. The molecule has 0 radical (unpaired) electrons. The average Bonchev–Trinajstić information content (AvgIpc) is 3.45. The van der Waals surface area contributed by atoms with Crippen LogP contribution < -0.4 is 0 Å². The van der Waals surface area contributed by atoms with Gasteiger partial charge in [0.2, 0.25) is 0 Å². The van der Waals surface area contributed by atoms with Crippen LogP contribution in [0.25, 0.3) is 58.6 Å². The molecule has 7 rings (SSSR count). The van der Waals surface area contributed by atoms with Gasteiger partial charge in [-0.3, -0.25) is 0 Å². The van der Waals surface area contributed by atoms with Gasteiger partial charge in [-0.2, -0.15) is 0 Å². The minimum absolute atomic E-state index is 1.19. The molecule has 3 heterocycles. The number of nitrogens with zero attached hydrogens (tertiary/aromatic N) is 2. The van der Waals surface area contributed by atoms with E-state index in [9.17, 15) is 0 Å². The SMILES string of the molecule is Cn1c2cc3ccn(-c4ccccc4)c3cc2c2ccc3c4ccccc4sc3c21. The van der Waals surface area contributed by atoms with Crippen LogP contribution in [0.15, 0.2) is 91.1 Å². The van der Waals surface area contributed by atoms with Crippen molar-refractivity contribution in [2.24, 2.45) is 7.05 Å². The van der Waals surface area contributed by atoms with Gasteiger partial charge in [0.05, 0.1) is 15.7 Å². The molecule has 0 atom stereocenters. The number of fused-ring (bicyclic) bond motifs is 8. The molecule has 3 heteroatoms. The molecule has 0 saturated carbocycles. The van der Waals surface area contributed by atoms with Gasteiger partial charge in [-0.25, -0.2) is 0 Å². The standard InChI is InChI=1S/C27H18N2S/c1-28-24-15-17-13-14-29(18-7-3-2-4-8-18)23(17)16-22(24)20-11-12-21-19-9-5-6-10-25(19)30-27(21)26(20)28/h2-16H,1H3. The number of aryl methyl sites for hydroxylation is 1. The zero-order valence-corrected chi connectivity index (χ0v) is 17.3. The molecule has 4 aromatic carbocycles. The van der Waals surface area contributed by atoms with Gasteiger partial charge in [-0.1, -0.05) is 48.5 Å². The lowest BCUT2D eigenvalue weighted by Gasteiger charge is -2.05. The Bertz CT molecular complexity index is 1750. The predicted molar refractivity (Wildman–Crippen MR) is 130 cm³/mol. The van der Waals surface area contributed by atoms with Gasteiger partial charge in [0.15, 0.2) is 0 Å². The first kappa shape index (κ1) is 16.3. The molecular formula is C27H18N2S. The van der Waals surface area contributed by atoms with Gasteiger partial charge < -0.3 is 9.13 Å². The van der Waals surface area contributed by atoms with Crippen molar-refractivity contribution in [2.45, 2.75) is 0 Å². The molecule has 0 aliphatic heterocycles. The highest BCUT2D eigenvalue weighted by Gasteiger charge is 2.16. The first-order valence-corrected chi connectivity index (χ1v) is 11.0. The molecule has 0 fully saturated rings. The van der Waals surface area contributed by atoms with Crippen LogP contribution in [0, 0.1) is 0 Å². The van der Waals surface area contributed by atoms with Gasteiger partial charge in [0.1, 0.15) is 0 Å². The Morgan fingerprint density at radius 1 is 0.667 bits per heavy atom. The second kappa shape index (κ2) is 5.74. The molecule has 3 aromatic heterocycles. The quantitative estimate of drug-likeness (QED) is 0.267. The van der Waals surface area contributed by atoms with Crippen LogP contribution in [0.3, 0.4) is 0 Å². The van der Waals surface area contributed by atoms with Crippen molar-refractivity contribution in [2.75, 3.05) is 0 Å². The van der Waals surface area contributed by atoms with Gasteiger partial charge in [-0.05, 0) is 36.4 Å². The van der Waals surface area contributed by atoms with Crippen molar-refractivity contribution in [3.63, 3.8) is 0 Å². The molecule has 7 aromatic rings. The van der Waals surface area contributed by atoms with E-state index in [1.165, 1.54) is 58.6 Å². The summed E-state index contributed by atoms with van der Waals surface area (Å²) in [5.74, 6) is 0. The van der Waals surface area contributed by atoms with E-state index in [-0.39, 0.29) is 0 Å². The Kier molecular flexibility index (Phi) is 3.11. The van der Waals surface area contributed by atoms with Crippen LogP contribution in [0.5, 0.6) is 0 Å². The monoisotopic (exact) mass is 402 g/mol. The van der Waals surface area contributed by atoms with E-state index in [1.54, 1.807) is 0 Å². The fraction of sp³-hybridized carbons (Fsp3) is 0.0370. The second-order valence-electron chi connectivity index (χ2n) is 7.95. The minimum atomic E-state index is 1.19. The molecule has 0 unspecified atom stereocenters. The fourth-order valence-corrected chi connectivity index (χ4v) is 6.21. The smallest absolute Gasteiger partial charge is 0.0670 e. The lowest BCUT2D eigenvalue weighted by atomic mass is 10.1. The first-order chi connectivity index (χ1) is 14.8. The van der Waals surface area contributed by atoms with Crippen molar-refractivity contribution >= 4 is 64.2 Å². The number of hydrogen-bond donors (Lipinski definition) is 0. The zero-order chi connectivity index (χ0) is 19.8. The van der Waals surface area contributed by atoms with Crippen LogP contribution >= 0.6 is 11.3 Å². The Morgan fingerprint density at radius 2 is 1.47 bits per heavy atom. The van der Waals surface area contributed by atoms with Crippen molar-refractivity contribution < 1.29 is 0 Å². The summed E-state index contributed by atoms with van der Waals surface area (Å²) in [5.41, 5.74) is 5.06. The molecule has 0 amide bonds. The van der Waals surface area contributed by atoms with Crippen molar-refractivity contribution in [3.8, 4) is 5.69 Å². The van der Waals surface area contributed by atoms with Crippen LogP contribution in [0.4, 0.5) is 0 Å². The van der Waals surface area contributed by atoms with Crippen molar-refractivity contribution in [1.82, 2.24) is 9.13 Å². The third kappa shape index (κ3) is 2.02. The summed E-state index contributed by atoms with van der Waals surface area (Å²) < 4.78 is 7.39. The number of aromatic nitrogens is 2. The Balaban J connectivity index is 1.62. The Hall–Kier alpha value is -3.56. The number of thiophene rings is 1. The molecule has 0 bridgehead atoms. The highest BCUT2D eigenvalue weighted by Crippen LogP contribution is 2.42. The summed E-state index contributed by atoms with van der Waals surface area (Å²) >= 11 is 1.90. The van der Waals surface area contributed by atoms with E-state index in [0.29, 0.717) is 0 Å². The van der Waals surface area contributed by atoms with E-state index in [2.05, 4.69) is 107 Å². The second-order valence-corrected chi connectivity index (χ2v) is 9.00. The van der Waals surface area contributed by atoms with Gasteiger partial charge in [-0.15, -0.1) is 11.3 Å². The fourth-order valence-electron chi connectivity index (χ4n) is 4.92. The van der Waals surface area contributed by atoms with E-state index in [1.807, 2.05) is 11.3 Å². The van der Waals surface area contributed by atoms with E-state index >= 15 is 0 Å². The maximum Gasteiger partial charge on any atom is 0.0670 e. The van der Waals surface area contributed by atoms with Crippen LogP contribution in [0.2, 0.25) is 0 Å². The van der Waals surface area contributed by atoms with Gasteiger partial charge >= 0.3 is 0 Å². The van der Waals surface area contributed by atoms with E-state index < -0.39 is 0 Å². The van der Waals surface area contributed by atoms with Crippen LogP contribution in [0.1, 0.15) is 0 Å². The van der Waals surface area contributed by atoms with Crippen LogP contribution in [-0.2, 0) is 7.05 Å². The molecule has 0 aliphatic carbocycles. The number of hydrogen-bond acceptors (Lipinski definition) is 1. The molecular weight excluding hydrogens is 384 g/mol. The molecule has 0 N–H and O–H groups in total. The molecule has 0 spiro atoms. The van der Waals surface area contributed by atoms with E-state index in [4.69, 9.17) is 0 Å². The largest absolute Gasteiger partial charge is 0.342 e. The normalized spacial score (nSPS) is 12.2. The predicted octanol–water partition coefficient (Wildman–Crippen LogP) is 7.64. The number of benzene rings is 4. The molecule has 0 saturated heterocycles. The van der Waals surface area contributed by atoms with Crippen molar-refractivity contribution in [3.05, 3.63) is 91.1 Å². The zero-order valence-electron chi connectivity index (χ0n) is 16.5. The Morgan fingerprint density at radius 3 is 2.37 bits per heavy atom. The Labute approximate surface area is 177 Å². The third-order valence-electron chi connectivity index (χ3n) is 6.35. The lowest BCUT2D eigenvalue weighted by Crippen LogP contribution is -1.91.